The SMILES string of the molecule is COc1ccc([C@@H]2c3cccn3-c3ccccc3CN2C(=O)Nc2ccc(OC)c(OC)c2)cc1. The largest absolute Gasteiger partial charge is 0.497 e. The number of hydrogen-bond acceptors (Lipinski definition) is 4. The molecule has 1 aliphatic rings. The van der Waals surface area contributed by atoms with E-state index in [0.717, 1.165) is 28.3 Å². The average molecular weight is 470 g/mol. The lowest BCUT2D eigenvalue weighted by Gasteiger charge is -2.31. The predicted molar refractivity (Wildman–Crippen MR) is 135 cm³/mol. The van der Waals surface area contributed by atoms with E-state index in [0.29, 0.717) is 23.7 Å². The summed E-state index contributed by atoms with van der Waals surface area (Å²) in [5.74, 6) is 1.91. The number of nitrogens with zero attached hydrogens (tertiary/aromatic N) is 2. The highest BCUT2D eigenvalue weighted by Gasteiger charge is 2.33. The van der Waals surface area contributed by atoms with E-state index < -0.39 is 0 Å². The smallest absolute Gasteiger partial charge is 0.322 e. The summed E-state index contributed by atoms with van der Waals surface area (Å²) in [6, 6.07) is 24.9. The number of para-hydroxylation sites is 1. The first-order valence-corrected chi connectivity index (χ1v) is 11.3. The zero-order valence-corrected chi connectivity index (χ0v) is 19.9. The van der Waals surface area contributed by atoms with E-state index in [1.54, 1.807) is 39.5 Å². The fourth-order valence-electron chi connectivity index (χ4n) is 4.59. The third-order valence-electron chi connectivity index (χ3n) is 6.29. The van der Waals surface area contributed by atoms with Gasteiger partial charge in [-0.25, -0.2) is 4.79 Å². The number of benzene rings is 3. The summed E-state index contributed by atoms with van der Waals surface area (Å²) in [5.41, 5.74) is 4.73. The first-order chi connectivity index (χ1) is 17.1. The van der Waals surface area contributed by atoms with Gasteiger partial charge < -0.3 is 29.0 Å². The summed E-state index contributed by atoms with van der Waals surface area (Å²) in [6.07, 6.45) is 2.04. The van der Waals surface area contributed by atoms with Crippen LogP contribution in [0.25, 0.3) is 5.69 Å². The van der Waals surface area contributed by atoms with E-state index in [9.17, 15) is 4.79 Å². The molecule has 0 spiro atoms. The summed E-state index contributed by atoms with van der Waals surface area (Å²) in [4.78, 5) is 15.7. The Hall–Kier alpha value is -4.39. The molecule has 35 heavy (non-hydrogen) atoms. The number of carbonyl (C=O) groups is 1. The highest BCUT2D eigenvalue weighted by Crippen LogP contribution is 2.38. The maximum atomic E-state index is 13.8. The Labute approximate surface area is 204 Å². The van der Waals surface area contributed by atoms with Gasteiger partial charge in [-0.15, -0.1) is 0 Å². The van der Waals surface area contributed by atoms with Crippen LogP contribution in [0.3, 0.4) is 0 Å². The molecular formula is C28H27N3O4. The van der Waals surface area contributed by atoms with Crippen molar-refractivity contribution in [1.82, 2.24) is 9.47 Å². The van der Waals surface area contributed by atoms with Gasteiger partial charge >= 0.3 is 6.03 Å². The number of carbonyl (C=O) groups excluding carboxylic acids is 1. The minimum absolute atomic E-state index is 0.220. The molecule has 0 bridgehead atoms. The van der Waals surface area contributed by atoms with E-state index in [-0.39, 0.29) is 12.1 Å². The van der Waals surface area contributed by atoms with Crippen LogP contribution in [0.2, 0.25) is 0 Å². The third-order valence-corrected chi connectivity index (χ3v) is 6.29. The van der Waals surface area contributed by atoms with Crippen molar-refractivity contribution in [1.29, 1.82) is 0 Å². The molecule has 0 unspecified atom stereocenters. The van der Waals surface area contributed by atoms with Gasteiger partial charge in [0.1, 0.15) is 5.75 Å². The molecule has 3 aromatic carbocycles. The molecule has 5 rings (SSSR count). The van der Waals surface area contributed by atoms with Gasteiger partial charge in [-0.05, 0) is 53.6 Å². The second-order valence-corrected chi connectivity index (χ2v) is 8.24. The number of rotatable bonds is 5. The fourth-order valence-corrected chi connectivity index (χ4v) is 4.59. The number of hydrogen-bond donors (Lipinski definition) is 1. The van der Waals surface area contributed by atoms with E-state index in [2.05, 4.69) is 28.1 Å². The van der Waals surface area contributed by atoms with Crippen LogP contribution in [0.5, 0.6) is 17.2 Å². The van der Waals surface area contributed by atoms with Crippen LogP contribution in [-0.2, 0) is 6.54 Å². The zero-order valence-electron chi connectivity index (χ0n) is 19.9. The normalized spacial score (nSPS) is 14.4. The average Bonchev–Trinajstić information content (AvgIpc) is 3.33. The van der Waals surface area contributed by atoms with Crippen molar-refractivity contribution in [3.63, 3.8) is 0 Å². The molecule has 4 aromatic rings. The zero-order chi connectivity index (χ0) is 24.4. The molecule has 0 radical (unpaired) electrons. The molecule has 1 aromatic heterocycles. The van der Waals surface area contributed by atoms with Gasteiger partial charge in [0, 0.05) is 23.6 Å². The lowest BCUT2D eigenvalue weighted by Crippen LogP contribution is -2.37. The molecule has 0 saturated carbocycles. The Bertz CT molecular complexity index is 1350. The molecule has 0 fully saturated rings. The Morgan fingerprint density at radius 1 is 0.857 bits per heavy atom. The van der Waals surface area contributed by atoms with Crippen LogP contribution >= 0.6 is 0 Å². The maximum Gasteiger partial charge on any atom is 0.322 e. The van der Waals surface area contributed by atoms with Gasteiger partial charge in [0.05, 0.1) is 39.6 Å². The number of nitrogens with one attached hydrogen (secondary N) is 1. The standard InChI is InChI=1S/C28H27N3O4/c1-33-22-13-10-19(11-14-22)27-24-9-6-16-30(24)23-8-5-4-7-20(23)18-31(27)28(32)29-21-12-15-25(34-2)26(17-21)35-3/h4-17,27H,18H2,1-3H3,(H,29,32)/t27-/m1/s1. The molecule has 1 N–H and O–H groups in total. The lowest BCUT2D eigenvalue weighted by molar-refractivity contribution is 0.194. The highest BCUT2D eigenvalue weighted by atomic mass is 16.5. The fraction of sp³-hybridized carbons (Fsp3) is 0.179. The van der Waals surface area contributed by atoms with E-state index >= 15 is 0 Å². The van der Waals surface area contributed by atoms with Crippen LogP contribution in [0, 0.1) is 0 Å². The summed E-state index contributed by atoms with van der Waals surface area (Å²) < 4.78 is 18.3. The number of urea groups is 1. The summed E-state index contributed by atoms with van der Waals surface area (Å²) in [7, 11) is 4.80. The van der Waals surface area contributed by atoms with Gasteiger partial charge in [0.25, 0.3) is 0 Å². The second-order valence-electron chi connectivity index (χ2n) is 8.24. The van der Waals surface area contributed by atoms with E-state index in [4.69, 9.17) is 14.2 Å². The Balaban J connectivity index is 1.58. The Morgan fingerprint density at radius 2 is 1.63 bits per heavy atom. The minimum atomic E-state index is -0.316. The molecule has 2 amide bonds. The Kier molecular flexibility index (Phi) is 6.06. The van der Waals surface area contributed by atoms with Crippen molar-refractivity contribution in [3.05, 3.63) is 102 Å². The van der Waals surface area contributed by atoms with Crippen molar-refractivity contribution < 1.29 is 19.0 Å². The summed E-state index contributed by atoms with van der Waals surface area (Å²) >= 11 is 0. The van der Waals surface area contributed by atoms with Crippen molar-refractivity contribution in [2.24, 2.45) is 0 Å². The van der Waals surface area contributed by atoms with Crippen molar-refractivity contribution in [2.45, 2.75) is 12.6 Å². The van der Waals surface area contributed by atoms with Crippen molar-refractivity contribution >= 4 is 11.7 Å². The Morgan fingerprint density at radius 3 is 2.37 bits per heavy atom. The molecule has 7 heteroatoms. The summed E-state index contributed by atoms with van der Waals surface area (Å²) in [6.45, 7) is 0.438. The molecular weight excluding hydrogens is 442 g/mol. The summed E-state index contributed by atoms with van der Waals surface area (Å²) in [5, 5.41) is 3.06. The lowest BCUT2D eigenvalue weighted by atomic mass is 10.0. The molecule has 0 aliphatic carbocycles. The number of amides is 2. The monoisotopic (exact) mass is 469 g/mol. The molecule has 0 saturated heterocycles. The van der Waals surface area contributed by atoms with Crippen LogP contribution < -0.4 is 19.5 Å². The molecule has 1 aliphatic heterocycles. The number of fused-ring (bicyclic) bond motifs is 3. The van der Waals surface area contributed by atoms with Crippen LogP contribution in [-0.4, -0.2) is 36.8 Å². The van der Waals surface area contributed by atoms with Crippen LogP contribution in [0.15, 0.2) is 85.1 Å². The number of anilines is 1. The van der Waals surface area contributed by atoms with Gasteiger partial charge in [-0.1, -0.05) is 30.3 Å². The first kappa shape index (κ1) is 22.4. The first-order valence-electron chi connectivity index (χ1n) is 11.3. The van der Waals surface area contributed by atoms with Crippen LogP contribution in [0.1, 0.15) is 22.9 Å². The quantitative estimate of drug-likeness (QED) is 0.411. The topological polar surface area (TPSA) is 65.0 Å². The van der Waals surface area contributed by atoms with Gasteiger partial charge in [-0.3, -0.25) is 0 Å². The van der Waals surface area contributed by atoms with Gasteiger partial charge in [0.15, 0.2) is 11.5 Å². The van der Waals surface area contributed by atoms with Gasteiger partial charge in [0.2, 0.25) is 0 Å². The van der Waals surface area contributed by atoms with Crippen molar-refractivity contribution in [3.8, 4) is 22.9 Å². The molecule has 2 heterocycles. The van der Waals surface area contributed by atoms with Crippen LogP contribution in [0.4, 0.5) is 10.5 Å². The van der Waals surface area contributed by atoms with Gasteiger partial charge in [-0.2, -0.15) is 0 Å². The van der Waals surface area contributed by atoms with E-state index in [1.807, 2.05) is 53.6 Å². The third kappa shape index (κ3) is 4.17. The number of aromatic nitrogens is 1. The highest BCUT2D eigenvalue weighted by molar-refractivity contribution is 5.90. The van der Waals surface area contributed by atoms with Crippen molar-refractivity contribution in [2.75, 3.05) is 26.6 Å². The molecule has 178 valence electrons. The number of ether oxygens (including phenoxy) is 3. The maximum absolute atomic E-state index is 13.8. The molecule has 7 nitrogen and oxygen atoms in total. The number of methoxy groups -OCH3 is 3. The molecule has 1 atom stereocenters. The minimum Gasteiger partial charge on any atom is -0.497 e. The van der Waals surface area contributed by atoms with E-state index in [1.165, 1.54) is 0 Å². The predicted octanol–water partition coefficient (Wildman–Crippen LogP) is 5.64. The second kappa shape index (κ2) is 9.46.